The molecular formula is C9H21O3PRu. The van der Waals surface area contributed by atoms with E-state index in [2.05, 4.69) is 0 Å². The van der Waals surface area contributed by atoms with Gasteiger partial charge in [-0.25, -0.2) is 0 Å². The summed E-state index contributed by atoms with van der Waals surface area (Å²) in [6.07, 6.45) is 0.427. The van der Waals surface area contributed by atoms with Gasteiger partial charge in [0.05, 0.1) is 18.3 Å². The molecule has 0 saturated heterocycles. The zero-order chi connectivity index (χ0) is 10.4. The van der Waals surface area contributed by atoms with Crippen molar-refractivity contribution in [2.45, 2.75) is 59.9 Å². The summed E-state index contributed by atoms with van der Waals surface area (Å²) >= 11 is 0. The summed E-state index contributed by atoms with van der Waals surface area (Å²) < 4.78 is 16.5. The van der Waals surface area contributed by atoms with Crippen LogP contribution in [0.3, 0.4) is 0 Å². The van der Waals surface area contributed by atoms with E-state index in [4.69, 9.17) is 13.6 Å². The molecule has 0 spiro atoms. The topological polar surface area (TPSA) is 27.7 Å². The van der Waals surface area contributed by atoms with Gasteiger partial charge < -0.3 is 13.6 Å². The molecular weight excluding hydrogens is 288 g/mol. The maximum Gasteiger partial charge on any atom is 0.333 e. The first-order valence-corrected chi connectivity index (χ1v) is 5.81. The van der Waals surface area contributed by atoms with E-state index in [0.717, 1.165) is 0 Å². The van der Waals surface area contributed by atoms with Crippen molar-refractivity contribution in [2.24, 2.45) is 0 Å². The van der Waals surface area contributed by atoms with Gasteiger partial charge in [0.1, 0.15) is 0 Å². The molecule has 5 heteroatoms. The van der Waals surface area contributed by atoms with Crippen LogP contribution >= 0.6 is 8.60 Å². The third kappa shape index (κ3) is 11.0. The van der Waals surface area contributed by atoms with Gasteiger partial charge in [-0.15, -0.1) is 0 Å². The molecule has 0 aliphatic heterocycles. The average molecular weight is 309 g/mol. The van der Waals surface area contributed by atoms with Crippen LogP contribution in [0.15, 0.2) is 0 Å². The van der Waals surface area contributed by atoms with Crippen LogP contribution in [0, 0.1) is 0 Å². The molecule has 14 heavy (non-hydrogen) atoms. The second-order valence-electron chi connectivity index (χ2n) is 3.69. The number of rotatable bonds is 6. The van der Waals surface area contributed by atoms with E-state index in [1.54, 1.807) is 0 Å². The van der Waals surface area contributed by atoms with E-state index in [1.807, 2.05) is 41.5 Å². The zero-order valence-corrected chi connectivity index (χ0v) is 12.4. The van der Waals surface area contributed by atoms with Gasteiger partial charge in [-0.2, -0.15) is 0 Å². The zero-order valence-electron chi connectivity index (χ0n) is 9.76. The molecule has 0 saturated carbocycles. The predicted octanol–water partition coefficient (Wildman–Crippen LogP) is 3.49. The smallest absolute Gasteiger partial charge is 0.309 e. The fourth-order valence-corrected chi connectivity index (χ4v) is 1.77. The Hall–Kier alpha value is 0.933. The Balaban J connectivity index is 0. The molecule has 0 radical (unpaired) electrons. The van der Waals surface area contributed by atoms with Gasteiger partial charge in [0.15, 0.2) is 0 Å². The van der Waals surface area contributed by atoms with Crippen LogP contribution in [0.1, 0.15) is 41.5 Å². The summed E-state index contributed by atoms with van der Waals surface area (Å²) in [6.45, 7) is 11.8. The Morgan fingerprint density at radius 3 is 1.00 bits per heavy atom. The molecule has 0 unspecified atom stereocenters. The van der Waals surface area contributed by atoms with Crippen molar-refractivity contribution >= 4 is 8.60 Å². The number of hydrogen-bond donors (Lipinski definition) is 0. The van der Waals surface area contributed by atoms with Crippen LogP contribution in [0.5, 0.6) is 0 Å². The Labute approximate surface area is 102 Å². The Morgan fingerprint density at radius 2 is 0.857 bits per heavy atom. The van der Waals surface area contributed by atoms with E-state index in [-0.39, 0.29) is 37.8 Å². The molecule has 0 aromatic carbocycles. The van der Waals surface area contributed by atoms with Crippen molar-refractivity contribution in [1.82, 2.24) is 0 Å². The van der Waals surface area contributed by atoms with Gasteiger partial charge >= 0.3 is 8.60 Å². The van der Waals surface area contributed by atoms with Crippen LogP contribution in [-0.2, 0) is 33.0 Å². The summed E-state index contributed by atoms with van der Waals surface area (Å²) in [7, 11) is -1.18. The van der Waals surface area contributed by atoms with Crippen LogP contribution in [0.25, 0.3) is 0 Å². The van der Waals surface area contributed by atoms with Gasteiger partial charge in [-0.1, -0.05) is 0 Å². The van der Waals surface area contributed by atoms with E-state index in [1.165, 1.54) is 0 Å². The van der Waals surface area contributed by atoms with Crippen molar-refractivity contribution in [3.63, 3.8) is 0 Å². The first-order valence-electron chi connectivity index (χ1n) is 4.72. The molecule has 0 aromatic rings. The van der Waals surface area contributed by atoms with Gasteiger partial charge in [0, 0.05) is 19.5 Å². The molecule has 0 heterocycles. The normalized spacial score (nSPS) is 11.6. The van der Waals surface area contributed by atoms with Gasteiger partial charge in [0.25, 0.3) is 0 Å². The van der Waals surface area contributed by atoms with Crippen molar-refractivity contribution in [3.8, 4) is 0 Å². The molecule has 0 bridgehead atoms. The molecule has 88 valence electrons. The summed E-state index contributed by atoms with van der Waals surface area (Å²) in [5, 5.41) is 0. The molecule has 0 aliphatic rings. The van der Waals surface area contributed by atoms with E-state index >= 15 is 0 Å². The quantitative estimate of drug-likeness (QED) is 0.555. The van der Waals surface area contributed by atoms with Gasteiger partial charge in [-0.05, 0) is 41.5 Å². The minimum atomic E-state index is -1.18. The summed E-state index contributed by atoms with van der Waals surface area (Å²) in [4.78, 5) is 0. The second kappa shape index (κ2) is 9.18. The van der Waals surface area contributed by atoms with Crippen molar-refractivity contribution in [3.05, 3.63) is 0 Å². The first-order chi connectivity index (χ1) is 5.91. The molecule has 0 N–H and O–H groups in total. The monoisotopic (exact) mass is 310 g/mol. The fraction of sp³-hybridized carbons (Fsp3) is 1.00. The number of hydrogen-bond acceptors (Lipinski definition) is 3. The van der Waals surface area contributed by atoms with Gasteiger partial charge in [-0.3, -0.25) is 0 Å². The minimum absolute atomic E-state index is 0. The van der Waals surface area contributed by atoms with E-state index < -0.39 is 8.60 Å². The van der Waals surface area contributed by atoms with Crippen LogP contribution in [0.4, 0.5) is 0 Å². The SMILES string of the molecule is CC(C)OP(OC(C)C)OC(C)C.[Ru]. The standard InChI is InChI=1S/C9H21O3P.Ru/c1-7(2)10-13(11-8(3)4)12-9(5)6;/h7-9H,1-6H3;. The maximum atomic E-state index is 5.49. The summed E-state index contributed by atoms with van der Waals surface area (Å²) in [6, 6.07) is 0. The van der Waals surface area contributed by atoms with Crippen LogP contribution in [0.2, 0.25) is 0 Å². The molecule has 0 amide bonds. The fourth-order valence-electron chi connectivity index (χ4n) is 0.591. The average Bonchev–Trinajstić information content (AvgIpc) is 1.80. The second-order valence-corrected chi connectivity index (χ2v) is 4.77. The molecule has 0 atom stereocenters. The predicted molar refractivity (Wildman–Crippen MR) is 55.6 cm³/mol. The minimum Gasteiger partial charge on any atom is -0.309 e. The third-order valence-corrected chi connectivity index (χ3v) is 2.67. The summed E-state index contributed by atoms with van der Waals surface area (Å²) in [5.41, 5.74) is 0. The largest absolute Gasteiger partial charge is 0.333 e. The Bertz CT molecular complexity index is 107. The van der Waals surface area contributed by atoms with Crippen molar-refractivity contribution in [1.29, 1.82) is 0 Å². The Kier molecular flexibility index (Phi) is 11.4. The van der Waals surface area contributed by atoms with E-state index in [9.17, 15) is 0 Å². The molecule has 0 aliphatic carbocycles. The van der Waals surface area contributed by atoms with Gasteiger partial charge in [0.2, 0.25) is 0 Å². The molecule has 3 nitrogen and oxygen atoms in total. The van der Waals surface area contributed by atoms with E-state index in [0.29, 0.717) is 0 Å². The molecule has 0 fully saturated rings. The maximum absolute atomic E-state index is 5.49. The van der Waals surface area contributed by atoms with Crippen molar-refractivity contribution in [2.75, 3.05) is 0 Å². The van der Waals surface area contributed by atoms with Crippen LogP contribution < -0.4 is 0 Å². The Morgan fingerprint density at radius 1 is 0.643 bits per heavy atom. The van der Waals surface area contributed by atoms with Crippen molar-refractivity contribution < 1.29 is 33.0 Å². The molecule has 0 aromatic heterocycles. The third-order valence-electron chi connectivity index (χ3n) is 0.891. The first kappa shape index (κ1) is 17.3. The summed E-state index contributed by atoms with van der Waals surface area (Å²) in [5.74, 6) is 0. The van der Waals surface area contributed by atoms with Crippen LogP contribution in [-0.4, -0.2) is 18.3 Å². The molecule has 0 rings (SSSR count).